The maximum Gasteiger partial charge on any atom is 0.259 e. The Kier molecular flexibility index (Phi) is 4.70. The first-order valence-corrected chi connectivity index (χ1v) is 7.03. The molecule has 0 radical (unpaired) electrons. The molecular weight excluding hydrogens is 311 g/mol. The molecule has 1 aromatic carbocycles. The molecule has 2 aromatic rings. The van der Waals surface area contributed by atoms with E-state index < -0.39 is 0 Å². The zero-order valence-corrected chi connectivity index (χ0v) is 13.1. The maximum atomic E-state index is 12.3. The maximum absolute atomic E-state index is 12.3. The average molecular weight is 325 g/mol. The Morgan fingerprint density at radius 3 is 2.71 bits per heavy atom. The van der Waals surface area contributed by atoms with E-state index in [1.807, 2.05) is 0 Å². The first-order chi connectivity index (χ1) is 9.90. The van der Waals surface area contributed by atoms with Crippen molar-refractivity contribution in [2.45, 2.75) is 13.5 Å². The van der Waals surface area contributed by atoms with Crippen LogP contribution in [0.4, 0.5) is 0 Å². The van der Waals surface area contributed by atoms with E-state index in [0.29, 0.717) is 15.7 Å². The molecule has 1 heterocycles. The van der Waals surface area contributed by atoms with Crippen LogP contribution < -0.4 is 5.43 Å². The highest BCUT2D eigenvalue weighted by molar-refractivity contribution is 6.42. The van der Waals surface area contributed by atoms with Gasteiger partial charge in [-0.2, -0.15) is 0 Å². The number of rotatable bonds is 3. The minimum Gasteiger partial charge on any atom is -0.364 e. The van der Waals surface area contributed by atoms with Crippen LogP contribution in [0.1, 0.15) is 21.6 Å². The predicted octanol–water partition coefficient (Wildman–Crippen LogP) is 3.26. The van der Waals surface area contributed by atoms with Gasteiger partial charge in [-0.25, -0.2) is 0 Å². The summed E-state index contributed by atoms with van der Waals surface area (Å²) < 4.78 is 0. The smallest absolute Gasteiger partial charge is 0.259 e. The number of halogens is 2. The molecule has 0 aliphatic rings. The molecule has 0 saturated carbocycles. The van der Waals surface area contributed by atoms with Gasteiger partial charge in [-0.05, 0) is 18.6 Å². The van der Waals surface area contributed by atoms with Crippen molar-refractivity contribution in [3.8, 4) is 0 Å². The zero-order valence-electron chi connectivity index (χ0n) is 11.6. The number of carbonyl (C=O) groups excluding carboxylic acids is 1. The third-order valence-electron chi connectivity index (χ3n) is 3.07. The molecule has 4 nitrogen and oxygen atoms in total. The number of nitrogens with one attached hydrogen (secondary N) is 1. The summed E-state index contributed by atoms with van der Waals surface area (Å²) in [5.41, 5.74) is 1.22. The number of H-pyrrole nitrogens is 1. The second kappa shape index (κ2) is 6.33. The molecule has 1 aromatic heterocycles. The molecule has 1 N–H and O–H groups in total. The quantitative estimate of drug-likeness (QED) is 0.942. The largest absolute Gasteiger partial charge is 0.364 e. The van der Waals surface area contributed by atoms with Crippen LogP contribution in [0, 0.1) is 6.92 Å². The van der Waals surface area contributed by atoms with Gasteiger partial charge in [0.2, 0.25) is 0 Å². The Hall–Kier alpha value is -1.78. The monoisotopic (exact) mass is 324 g/mol. The summed E-state index contributed by atoms with van der Waals surface area (Å²) in [6.45, 7) is 2.02. The van der Waals surface area contributed by atoms with Gasteiger partial charge in [0.25, 0.3) is 5.91 Å². The second-order valence-electron chi connectivity index (χ2n) is 4.77. The van der Waals surface area contributed by atoms with Crippen molar-refractivity contribution < 1.29 is 4.79 Å². The van der Waals surface area contributed by atoms with Crippen molar-refractivity contribution in [3.63, 3.8) is 0 Å². The number of benzene rings is 1. The van der Waals surface area contributed by atoms with E-state index >= 15 is 0 Å². The van der Waals surface area contributed by atoms with E-state index in [-0.39, 0.29) is 23.4 Å². The van der Waals surface area contributed by atoms with Gasteiger partial charge < -0.3 is 9.88 Å². The number of hydrogen-bond donors (Lipinski definition) is 1. The summed E-state index contributed by atoms with van der Waals surface area (Å²) >= 11 is 12.0. The van der Waals surface area contributed by atoms with E-state index in [0.717, 1.165) is 5.56 Å². The molecular formula is C15H14Cl2N2O2. The van der Waals surface area contributed by atoms with Crippen LogP contribution in [0.3, 0.4) is 0 Å². The van der Waals surface area contributed by atoms with Crippen LogP contribution in [-0.4, -0.2) is 22.8 Å². The number of hydrogen-bond acceptors (Lipinski definition) is 2. The Morgan fingerprint density at radius 2 is 2.05 bits per heavy atom. The standard InChI is InChI=1S/C15H14Cl2N2O2/c1-9-6-13(20)11(7-18-9)15(21)19(2)8-10-4-3-5-12(16)14(10)17/h3-7H,8H2,1-2H3,(H,18,20). The van der Waals surface area contributed by atoms with Crippen LogP contribution in [0.2, 0.25) is 10.0 Å². The van der Waals surface area contributed by atoms with E-state index in [1.165, 1.54) is 17.2 Å². The van der Waals surface area contributed by atoms with Gasteiger partial charge in [-0.15, -0.1) is 0 Å². The highest BCUT2D eigenvalue weighted by Crippen LogP contribution is 2.26. The molecule has 110 valence electrons. The average Bonchev–Trinajstić information content (AvgIpc) is 2.43. The van der Waals surface area contributed by atoms with E-state index in [9.17, 15) is 9.59 Å². The van der Waals surface area contributed by atoms with Crippen molar-refractivity contribution in [1.82, 2.24) is 9.88 Å². The number of carbonyl (C=O) groups is 1. The topological polar surface area (TPSA) is 53.2 Å². The van der Waals surface area contributed by atoms with Crippen LogP contribution in [-0.2, 0) is 6.54 Å². The third-order valence-corrected chi connectivity index (χ3v) is 3.93. The second-order valence-corrected chi connectivity index (χ2v) is 5.55. The molecule has 0 spiro atoms. The molecule has 2 rings (SSSR count). The van der Waals surface area contributed by atoms with Crippen LogP contribution in [0.5, 0.6) is 0 Å². The fourth-order valence-electron chi connectivity index (χ4n) is 1.94. The number of aromatic nitrogens is 1. The number of nitrogens with zero attached hydrogens (tertiary/aromatic N) is 1. The van der Waals surface area contributed by atoms with Crippen molar-refractivity contribution in [2.75, 3.05) is 7.05 Å². The summed E-state index contributed by atoms with van der Waals surface area (Å²) in [6.07, 6.45) is 1.43. The van der Waals surface area contributed by atoms with Crippen molar-refractivity contribution in [2.24, 2.45) is 0 Å². The molecule has 0 saturated heterocycles. The lowest BCUT2D eigenvalue weighted by atomic mass is 10.2. The predicted molar refractivity (Wildman–Crippen MR) is 84.1 cm³/mol. The highest BCUT2D eigenvalue weighted by Gasteiger charge is 2.17. The normalized spacial score (nSPS) is 10.5. The SMILES string of the molecule is Cc1cc(=O)c(C(=O)N(C)Cc2cccc(Cl)c2Cl)c[nH]1. The first-order valence-electron chi connectivity index (χ1n) is 6.28. The fraction of sp³-hybridized carbons (Fsp3) is 0.200. The number of pyridine rings is 1. The molecule has 6 heteroatoms. The van der Waals surface area contributed by atoms with Gasteiger partial charge in [-0.3, -0.25) is 9.59 Å². The summed E-state index contributed by atoms with van der Waals surface area (Å²) in [7, 11) is 1.61. The van der Waals surface area contributed by atoms with E-state index in [1.54, 1.807) is 32.2 Å². The summed E-state index contributed by atoms with van der Waals surface area (Å²) in [5, 5.41) is 0.847. The Bertz CT molecular complexity index is 741. The van der Waals surface area contributed by atoms with Crippen LogP contribution in [0.25, 0.3) is 0 Å². The zero-order chi connectivity index (χ0) is 15.6. The number of aromatic amines is 1. The lowest BCUT2D eigenvalue weighted by Gasteiger charge is -2.18. The Balaban J connectivity index is 2.24. The van der Waals surface area contributed by atoms with Crippen LogP contribution >= 0.6 is 23.2 Å². The van der Waals surface area contributed by atoms with Gasteiger partial charge in [-0.1, -0.05) is 35.3 Å². The summed E-state index contributed by atoms with van der Waals surface area (Å²) in [6, 6.07) is 6.63. The molecule has 0 atom stereocenters. The Morgan fingerprint density at radius 1 is 1.33 bits per heavy atom. The van der Waals surface area contributed by atoms with Crippen molar-refractivity contribution >= 4 is 29.1 Å². The molecule has 1 amide bonds. The molecule has 0 aliphatic heterocycles. The lowest BCUT2D eigenvalue weighted by molar-refractivity contribution is 0.0783. The Labute approximate surface area is 132 Å². The lowest BCUT2D eigenvalue weighted by Crippen LogP contribution is -2.30. The van der Waals surface area contributed by atoms with Gasteiger partial charge in [0.15, 0.2) is 5.43 Å². The van der Waals surface area contributed by atoms with Gasteiger partial charge >= 0.3 is 0 Å². The molecule has 0 aliphatic carbocycles. The molecule has 0 unspecified atom stereocenters. The number of amides is 1. The third kappa shape index (κ3) is 3.46. The van der Waals surface area contributed by atoms with E-state index in [4.69, 9.17) is 23.2 Å². The van der Waals surface area contributed by atoms with Crippen molar-refractivity contribution in [3.05, 3.63) is 67.6 Å². The summed E-state index contributed by atoms with van der Waals surface area (Å²) in [4.78, 5) is 28.4. The fourth-order valence-corrected chi connectivity index (χ4v) is 2.32. The number of aryl methyl sites for hydroxylation is 1. The van der Waals surface area contributed by atoms with Crippen LogP contribution in [0.15, 0.2) is 35.3 Å². The summed E-state index contributed by atoms with van der Waals surface area (Å²) in [5.74, 6) is -0.368. The molecule has 0 fully saturated rings. The first kappa shape index (κ1) is 15.6. The van der Waals surface area contributed by atoms with E-state index in [2.05, 4.69) is 4.98 Å². The van der Waals surface area contributed by atoms with Crippen molar-refractivity contribution in [1.29, 1.82) is 0 Å². The van der Waals surface area contributed by atoms with Gasteiger partial charge in [0.1, 0.15) is 5.56 Å². The van der Waals surface area contributed by atoms with Gasteiger partial charge in [0.05, 0.1) is 10.0 Å². The molecule has 21 heavy (non-hydrogen) atoms. The molecule has 0 bridgehead atoms. The minimum atomic E-state index is -0.368. The van der Waals surface area contributed by atoms with Gasteiger partial charge in [0, 0.05) is 31.5 Å². The minimum absolute atomic E-state index is 0.0984. The highest BCUT2D eigenvalue weighted by atomic mass is 35.5.